The maximum atomic E-state index is 14.4. The summed E-state index contributed by atoms with van der Waals surface area (Å²) in [5.74, 6) is 0.620. The minimum Gasteiger partial charge on any atom is -0.496 e. The molecule has 0 bridgehead atoms. The van der Waals surface area contributed by atoms with Gasteiger partial charge in [-0.25, -0.2) is 4.39 Å². The van der Waals surface area contributed by atoms with Gasteiger partial charge in [-0.3, -0.25) is 0 Å². The van der Waals surface area contributed by atoms with Crippen molar-refractivity contribution >= 4 is 0 Å². The number of hydrogen-bond acceptors (Lipinski definition) is 2. The van der Waals surface area contributed by atoms with Gasteiger partial charge >= 0.3 is 0 Å². The number of aryl methyl sites for hydroxylation is 1. The number of benzene rings is 1. The Labute approximate surface area is 89.2 Å². The van der Waals surface area contributed by atoms with E-state index in [1.807, 2.05) is 25.1 Å². The molecule has 1 fully saturated rings. The molecular weight excluding hydrogens is 193 g/mol. The molecule has 0 aliphatic heterocycles. The van der Waals surface area contributed by atoms with Crippen molar-refractivity contribution in [2.75, 3.05) is 7.11 Å². The summed E-state index contributed by atoms with van der Waals surface area (Å²) in [6, 6.07) is 5.57. The molecule has 0 radical (unpaired) electrons. The van der Waals surface area contributed by atoms with Gasteiger partial charge in [0, 0.05) is 24.4 Å². The van der Waals surface area contributed by atoms with Crippen molar-refractivity contribution in [3.05, 3.63) is 29.3 Å². The van der Waals surface area contributed by atoms with Crippen LogP contribution in [0.2, 0.25) is 0 Å². The van der Waals surface area contributed by atoms with Crippen LogP contribution >= 0.6 is 0 Å². The lowest BCUT2D eigenvalue weighted by molar-refractivity contribution is 0.0380. The summed E-state index contributed by atoms with van der Waals surface area (Å²) in [6.45, 7) is 1.95. The second-order valence-electron chi connectivity index (χ2n) is 4.34. The van der Waals surface area contributed by atoms with Gasteiger partial charge in [0.1, 0.15) is 11.4 Å². The fraction of sp³-hybridized carbons (Fsp3) is 0.500. The molecule has 1 saturated carbocycles. The van der Waals surface area contributed by atoms with Gasteiger partial charge in [0.05, 0.1) is 7.11 Å². The van der Waals surface area contributed by atoms with E-state index in [-0.39, 0.29) is 6.04 Å². The SMILES string of the molecule is COc1ccc(C)cc1C1(F)CC(N)C1. The second kappa shape index (κ2) is 3.49. The van der Waals surface area contributed by atoms with Crippen molar-refractivity contribution < 1.29 is 9.13 Å². The normalized spacial score (nSPS) is 29.7. The first-order valence-electron chi connectivity index (χ1n) is 5.15. The predicted molar refractivity (Wildman–Crippen MR) is 57.7 cm³/mol. The Hall–Kier alpha value is -1.09. The van der Waals surface area contributed by atoms with E-state index < -0.39 is 5.67 Å². The summed E-state index contributed by atoms with van der Waals surface area (Å²) in [5.41, 5.74) is 6.05. The highest BCUT2D eigenvalue weighted by atomic mass is 19.1. The largest absolute Gasteiger partial charge is 0.496 e. The van der Waals surface area contributed by atoms with Crippen molar-refractivity contribution in [1.29, 1.82) is 0 Å². The first-order valence-corrected chi connectivity index (χ1v) is 5.15. The summed E-state index contributed by atoms with van der Waals surface area (Å²) in [7, 11) is 1.57. The number of rotatable bonds is 2. The van der Waals surface area contributed by atoms with Crippen LogP contribution in [-0.4, -0.2) is 13.2 Å². The molecule has 0 atom stereocenters. The third-order valence-electron chi connectivity index (χ3n) is 3.01. The Bertz CT molecular complexity index is 372. The Kier molecular flexibility index (Phi) is 2.43. The maximum Gasteiger partial charge on any atom is 0.142 e. The lowest BCUT2D eigenvalue weighted by Crippen LogP contribution is -2.46. The van der Waals surface area contributed by atoms with Crippen molar-refractivity contribution in [2.24, 2.45) is 5.73 Å². The minimum atomic E-state index is -1.28. The molecule has 0 aromatic heterocycles. The number of methoxy groups -OCH3 is 1. The van der Waals surface area contributed by atoms with Crippen LogP contribution in [0.5, 0.6) is 5.75 Å². The van der Waals surface area contributed by atoms with Gasteiger partial charge < -0.3 is 10.5 Å². The first-order chi connectivity index (χ1) is 7.05. The van der Waals surface area contributed by atoms with Gasteiger partial charge in [-0.05, 0) is 19.1 Å². The second-order valence-corrected chi connectivity index (χ2v) is 4.34. The molecule has 3 heteroatoms. The molecular formula is C12H16FNO. The third-order valence-corrected chi connectivity index (χ3v) is 3.01. The van der Waals surface area contributed by atoms with E-state index in [0.29, 0.717) is 24.2 Å². The standard InChI is InChI=1S/C12H16FNO/c1-8-3-4-11(15-2)10(5-8)12(13)6-9(14)7-12/h3-5,9H,6-7,14H2,1-2H3. The lowest BCUT2D eigenvalue weighted by atomic mass is 9.73. The van der Waals surface area contributed by atoms with Gasteiger partial charge in [-0.2, -0.15) is 0 Å². The molecule has 1 aliphatic rings. The van der Waals surface area contributed by atoms with E-state index in [1.165, 1.54) is 0 Å². The van der Waals surface area contributed by atoms with Crippen molar-refractivity contribution in [3.8, 4) is 5.75 Å². The average molecular weight is 209 g/mol. The van der Waals surface area contributed by atoms with Crippen LogP contribution in [-0.2, 0) is 5.67 Å². The molecule has 0 spiro atoms. The summed E-state index contributed by atoms with van der Waals surface area (Å²) in [4.78, 5) is 0. The molecule has 1 aromatic carbocycles. The minimum absolute atomic E-state index is 0.0137. The highest BCUT2D eigenvalue weighted by molar-refractivity contribution is 5.42. The summed E-state index contributed by atoms with van der Waals surface area (Å²) in [5, 5.41) is 0. The molecule has 82 valence electrons. The number of ether oxygens (including phenoxy) is 1. The smallest absolute Gasteiger partial charge is 0.142 e. The van der Waals surface area contributed by atoms with E-state index in [1.54, 1.807) is 7.11 Å². The molecule has 2 nitrogen and oxygen atoms in total. The molecule has 0 heterocycles. The van der Waals surface area contributed by atoms with Gasteiger partial charge in [0.25, 0.3) is 0 Å². The Morgan fingerprint density at radius 2 is 2.13 bits per heavy atom. The fourth-order valence-corrected chi connectivity index (χ4v) is 2.16. The summed E-state index contributed by atoms with van der Waals surface area (Å²) >= 11 is 0. The van der Waals surface area contributed by atoms with E-state index >= 15 is 0 Å². The van der Waals surface area contributed by atoms with Crippen LogP contribution in [0.1, 0.15) is 24.0 Å². The van der Waals surface area contributed by atoms with Gasteiger partial charge in [-0.15, -0.1) is 0 Å². The predicted octanol–water partition coefficient (Wildman–Crippen LogP) is 2.29. The number of halogens is 1. The zero-order valence-electron chi connectivity index (χ0n) is 9.09. The molecule has 0 amide bonds. The zero-order valence-corrected chi connectivity index (χ0v) is 9.09. The van der Waals surface area contributed by atoms with Crippen LogP contribution < -0.4 is 10.5 Å². The Morgan fingerprint density at radius 3 is 2.67 bits per heavy atom. The van der Waals surface area contributed by atoms with E-state index in [9.17, 15) is 4.39 Å². The fourth-order valence-electron chi connectivity index (χ4n) is 2.16. The molecule has 0 saturated heterocycles. The Morgan fingerprint density at radius 1 is 1.47 bits per heavy atom. The molecule has 0 unspecified atom stereocenters. The van der Waals surface area contributed by atoms with Crippen LogP contribution in [0.4, 0.5) is 4.39 Å². The first kappa shape index (κ1) is 10.4. The van der Waals surface area contributed by atoms with E-state index in [4.69, 9.17) is 10.5 Å². The number of hydrogen-bond donors (Lipinski definition) is 1. The molecule has 2 rings (SSSR count). The Balaban J connectivity index is 2.38. The number of alkyl halides is 1. The topological polar surface area (TPSA) is 35.2 Å². The summed E-state index contributed by atoms with van der Waals surface area (Å²) in [6.07, 6.45) is 0.791. The van der Waals surface area contributed by atoms with E-state index in [2.05, 4.69) is 0 Å². The molecule has 2 N–H and O–H groups in total. The lowest BCUT2D eigenvalue weighted by Gasteiger charge is -2.40. The summed E-state index contributed by atoms with van der Waals surface area (Å²) < 4.78 is 19.5. The zero-order chi connectivity index (χ0) is 11.1. The highest BCUT2D eigenvalue weighted by Crippen LogP contribution is 2.47. The quantitative estimate of drug-likeness (QED) is 0.811. The van der Waals surface area contributed by atoms with Gasteiger partial charge in [0.15, 0.2) is 0 Å². The molecule has 1 aliphatic carbocycles. The van der Waals surface area contributed by atoms with Crippen molar-refractivity contribution in [2.45, 2.75) is 31.5 Å². The van der Waals surface area contributed by atoms with Crippen LogP contribution in [0.25, 0.3) is 0 Å². The maximum absolute atomic E-state index is 14.4. The molecule has 1 aromatic rings. The average Bonchev–Trinajstić information content (AvgIpc) is 2.15. The molecule has 15 heavy (non-hydrogen) atoms. The van der Waals surface area contributed by atoms with E-state index in [0.717, 1.165) is 5.56 Å². The van der Waals surface area contributed by atoms with Gasteiger partial charge in [-0.1, -0.05) is 11.6 Å². The third kappa shape index (κ3) is 1.72. The number of nitrogens with two attached hydrogens (primary N) is 1. The monoisotopic (exact) mass is 209 g/mol. The van der Waals surface area contributed by atoms with Crippen molar-refractivity contribution in [3.63, 3.8) is 0 Å². The van der Waals surface area contributed by atoms with Crippen molar-refractivity contribution in [1.82, 2.24) is 0 Å². The van der Waals surface area contributed by atoms with Crippen LogP contribution in [0, 0.1) is 6.92 Å². The van der Waals surface area contributed by atoms with Crippen LogP contribution in [0.15, 0.2) is 18.2 Å². The van der Waals surface area contributed by atoms with Gasteiger partial charge in [0.2, 0.25) is 0 Å². The highest BCUT2D eigenvalue weighted by Gasteiger charge is 2.46. The van der Waals surface area contributed by atoms with Crippen LogP contribution in [0.3, 0.4) is 0 Å².